The number of ether oxygens (including phenoxy) is 1. The molecular weight excluding hydrogens is 395 g/mol. The third-order valence-electron chi connectivity index (χ3n) is 4.77. The first-order valence-corrected chi connectivity index (χ1v) is 9.28. The van der Waals surface area contributed by atoms with Gasteiger partial charge in [0.05, 0.1) is 19.1 Å². The Kier molecular flexibility index (Phi) is 6.40. The summed E-state index contributed by atoms with van der Waals surface area (Å²) in [6.45, 7) is 0. The first kappa shape index (κ1) is 21.4. The monoisotopic (exact) mass is 415 g/mol. The van der Waals surface area contributed by atoms with Gasteiger partial charge in [-0.2, -0.15) is 13.2 Å². The molecule has 1 N–H and O–H groups in total. The number of carbonyl (C=O) groups is 2. The molecular formula is C23H20F3NO3. The molecule has 4 nitrogen and oxygen atoms in total. The first-order valence-electron chi connectivity index (χ1n) is 9.28. The predicted octanol–water partition coefficient (Wildman–Crippen LogP) is 4.30. The van der Waals surface area contributed by atoms with Crippen molar-refractivity contribution in [3.63, 3.8) is 0 Å². The highest BCUT2D eigenvalue weighted by molar-refractivity contribution is 5.88. The van der Waals surface area contributed by atoms with Gasteiger partial charge >= 0.3 is 12.1 Å². The summed E-state index contributed by atoms with van der Waals surface area (Å²) in [6, 6.07) is 16.8. The fourth-order valence-electron chi connectivity index (χ4n) is 3.27. The normalized spacial score (nSPS) is 12.4. The van der Waals surface area contributed by atoms with Crippen molar-refractivity contribution in [3.8, 4) is 0 Å². The summed E-state index contributed by atoms with van der Waals surface area (Å²) in [4.78, 5) is 24.7. The average Bonchev–Trinajstić information content (AvgIpc) is 2.72. The Morgan fingerprint density at radius 2 is 1.63 bits per heavy atom. The second-order valence-electron chi connectivity index (χ2n) is 6.86. The van der Waals surface area contributed by atoms with Crippen molar-refractivity contribution in [2.75, 3.05) is 7.11 Å². The van der Waals surface area contributed by atoms with Gasteiger partial charge in [0.25, 0.3) is 0 Å². The number of fused-ring (bicyclic) bond motifs is 1. The number of rotatable bonds is 6. The second kappa shape index (κ2) is 8.98. The molecule has 0 unspecified atom stereocenters. The minimum absolute atomic E-state index is 0.152. The minimum Gasteiger partial charge on any atom is -0.467 e. The van der Waals surface area contributed by atoms with Crippen LogP contribution in [-0.4, -0.2) is 25.0 Å². The fourth-order valence-corrected chi connectivity index (χ4v) is 3.27. The molecule has 0 aliphatic carbocycles. The van der Waals surface area contributed by atoms with Crippen LogP contribution in [0.5, 0.6) is 0 Å². The van der Waals surface area contributed by atoms with E-state index in [-0.39, 0.29) is 12.8 Å². The van der Waals surface area contributed by atoms with E-state index in [0.717, 1.165) is 28.5 Å². The van der Waals surface area contributed by atoms with Gasteiger partial charge in [0, 0.05) is 6.42 Å². The van der Waals surface area contributed by atoms with Crippen molar-refractivity contribution in [3.05, 3.63) is 83.4 Å². The lowest BCUT2D eigenvalue weighted by Gasteiger charge is -2.18. The van der Waals surface area contributed by atoms with Crippen LogP contribution in [-0.2, 0) is 33.3 Å². The molecule has 0 fully saturated rings. The van der Waals surface area contributed by atoms with E-state index in [1.807, 2.05) is 42.5 Å². The Labute approximate surface area is 171 Å². The summed E-state index contributed by atoms with van der Waals surface area (Å²) in [6.07, 6.45) is -4.36. The van der Waals surface area contributed by atoms with E-state index in [2.05, 4.69) is 5.32 Å². The van der Waals surface area contributed by atoms with Gasteiger partial charge in [-0.1, -0.05) is 54.6 Å². The van der Waals surface area contributed by atoms with Gasteiger partial charge in [-0.15, -0.1) is 0 Å². The molecule has 1 amide bonds. The molecule has 0 radical (unpaired) electrons. The molecule has 0 saturated heterocycles. The van der Waals surface area contributed by atoms with Crippen molar-refractivity contribution in [1.82, 2.24) is 5.32 Å². The van der Waals surface area contributed by atoms with Crippen LogP contribution in [0.4, 0.5) is 13.2 Å². The van der Waals surface area contributed by atoms with E-state index < -0.39 is 29.7 Å². The van der Waals surface area contributed by atoms with Crippen LogP contribution >= 0.6 is 0 Å². The van der Waals surface area contributed by atoms with Gasteiger partial charge in [-0.25, -0.2) is 4.79 Å². The van der Waals surface area contributed by atoms with E-state index in [1.54, 1.807) is 0 Å². The van der Waals surface area contributed by atoms with Gasteiger partial charge < -0.3 is 10.1 Å². The zero-order valence-corrected chi connectivity index (χ0v) is 16.2. The lowest BCUT2D eigenvalue weighted by atomic mass is 9.98. The number of carbonyl (C=O) groups excluding carboxylic acids is 2. The maximum absolute atomic E-state index is 12.7. The molecule has 0 spiro atoms. The number of halogens is 3. The third kappa shape index (κ3) is 5.17. The highest BCUT2D eigenvalue weighted by Crippen LogP contribution is 2.29. The Morgan fingerprint density at radius 3 is 2.30 bits per heavy atom. The molecule has 0 aliphatic rings. The summed E-state index contributed by atoms with van der Waals surface area (Å²) in [5.41, 5.74) is 0.502. The van der Waals surface area contributed by atoms with Crippen LogP contribution in [0.3, 0.4) is 0 Å². The van der Waals surface area contributed by atoms with Gasteiger partial charge in [0.2, 0.25) is 5.91 Å². The Bertz CT molecular complexity index is 1040. The molecule has 0 saturated carbocycles. The smallest absolute Gasteiger partial charge is 0.416 e. The number of methoxy groups -OCH3 is 1. The van der Waals surface area contributed by atoms with E-state index >= 15 is 0 Å². The SMILES string of the molecule is COC(=O)[C@@H](Cc1cccc2ccccc12)NC(=O)Cc1ccc(C(F)(F)F)cc1. The molecule has 30 heavy (non-hydrogen) atoms. The largest absolute Gasteiger partial charge is 0.467 e. The zero-order valence-electron chi connectivity index (χ0n) is 16.2. The van der Waals surface area contributed by atoms with Crippen molar-refractivity contribution in [2.45, 2.75) is 25.1 Å². The Morgan fingerprint density at radius 1 is 0.967 bits per heavy atom. The topological polar surface area (TPSA) is 55.4 Å². The molecule has 3 rings (SSSR count). The Balaban J connectivity index is 1.73. The highest BCUT2D eigenvalue weighted by atomic mass is 19.4. The molecule has 156 valence electrons. The molecule has 0 heterocycles. The van der Waals surface area contributed by atoms with Gasteiger partial charge in [0.1, 0.15) is 6.04 Å². The summed E-state index contributed by atoms with van der Waals surface area (Å²) < 4.78 is 42.8. The summed E-state index contributed by atoms with van der Waals surface area (Å²) >= 11 is 0. The van der Waals surface area contributed by atoms with E-state index in [1.165, 1.54) is 19.2 Å². The van der Waals surface area contributed by atoms with E-state index in [0.29, 0.717) is 5.56 Å². The molecule has 0 aliphatic heterocycles. The lowest BCUT2D eigenvalue weighted by Crippen LogP contribution is -2.43. The molecule has 7 heteroatoms. The number of alkyl halides is 3. The zero-order chi connectivity index (χ0) is 21.7. The van der Waals surface area contributed by atoms with Crippen LogP contribution in [0.15, 0.2) is 66.7 Å². The van der Waals surface area contributed by atoms with E-state index in [9.17, 15) is 22.8 Å². The third-order valence-corrected chi connectivity index (χ3v) is 4.77. The molecule has 3 aromatic carbocycles. The number of hydrogen-bond acceptors (Lipinski definition) is 3. The van der Waals surface area contributed by atoms with E-state index in [4.69, 9.17) is 4.74 Å². The Hall–Kier alpha value is -3.35. The van der Waals surface area contributed by atoms with Gasteiger partial charge in [-0.3, -0.25) is 4.79 Å². The maximum Gasteiger partial charge on any atom is 0.416 e. The predicted molar refractivity (Wildman–Crippen MR) is 107 cm³/mol. The van der Waals surface area contributed by atoms with Crippen molar-refractivity contribution in [2.24, 2.45) is 0 Å². The number of nitrogens with one attached hydrogen (secondary N) is 1. The van der Waals surface area contributed by atoms with Crippen LogP contribution in [0.2, 0.25) is 0 Å². The molecule has 0 bridgehead atoms. The number of esters is 1. The summed E-state index contributed by atoms with van der Waals surface area (Å²) in [5.74, 6) is -1.07. The quantitative estimate of drug-likeness (QED) is 0.611. The summed E-state index contributed by atoms with van der Waals surface area (Å²) in [7, 11) is 1.24. The second-order valence-corrected chi connectivity index (χ2v) is 6.86. The number of hydrogen-bond donors (Lipinski definition) is 1. The fraction of sp³-hybridized carbons (Fsp3) is 0.217. The van der Waals surface area contributed by atoms with Crippen molar-refractivity contribution in [1.29, 1.82) is 0 Å². The molecule has 3 aromatic rings. The van der Waals surface area contributed by atoms with Crippen LogP contribution < -0.4 is 5.32 Å². The van der Waals surface area contributed by atoms with Crippen molar-refractivity contribution >= 4 is 22.6 Å². The highest BCUT2D eigenvalue weighted by Gasteiger charge is 2.30. The van der Waals surface area contributed by atoms with Crippen LogP contribution in [0.1, 0.15) is 16.7 Å². The first-order chi connectivity index (χ1) is 14.3. The van der Waals surface area contributed by atoms with Crippen LogP contribution in [0, 0.1) is 0 Å². The summed E-state index contributed by atoms with van der Waals surface area (Å²) in [5, 5.41) is 4.61. The number of amides is 1. The average molecular weight is 415 g/mol. The standard InChI is InChI=1S/C23H20F3NO3/c1-30-22(29)20(14-17-7-4-6-16-5-2-3-8-19(16)17)27-21(28)13-15-9-11-18(12-10-15)23(24,25)26/h2-12,20H,13-14H2,1H3,(H,27,28)/t20-/m1/s1. The van der Waals surface area contributed by atoms with Crippen molar-refractivity contribution < 1.29 is 27.5 Å². The van der Waals surface area contributed by atoms with Crippen LogP contribution in [0.25, 0.3) is 10.8 Å². The lowest BCUT2D eigenvalue weighted by molar-refractivity contribution is -0.145. The molecule has 1 atom stereocenters. The van der Waals surface area contributed by atoms with Gasteiger partial charge in [0.15, 0.2) is 0 Å². The number of benzene rings is 3. The molecule has 0 aromatic heterocycles. The minimum atomic E-state index is -4.44. The maximum atomic E-state index is 12.7. The van der Waals surface area contributed by atoms with Gasteiger partial charge in [-0.05, 0) is 34.0 Å².